The first-order chi connectivity index (χ1) is 5.11. The molecule has 1 aromatic rings. The van der Waals surface area contributed by atoms with E-state index in [9.17, 15) is 4.79 Å². The van der Waals surface area contributed by atoms with Gasteiger partial charge in [0.05, 0.1) is 0 Å². The van der Waals surface area contributed by atoms with Crippen molar-refractivity contribution in [2.24, 2.45) is 0 Å². The fourth-order valence-corrected chi connectivity index (χ4v) is 0.628. The molecule has 0 radical (unpaired) electrons. The predicted octanol–water partition coefficient (Wildman–Crippen LogP) is 1.18. The minimum Gasteiger partial charge on any atom is -0.296 e. The third-order valence-electron chi connectivity index (χ3n) is 1.55. The molecule has 4 heteroatoms. The lowest BCUT2D eigenvalue weighted by molar-refractivity contribution is 0.385. The van der Waals surface area contributed by atoms with E-state index in [1.165, 1.54) is 0 Å². The molecule has 0 bridgehead atoms. The first kappa shape index (κ1) is 7.78. The van der Waals surface area contributed by atoms with E-state index in [1.807, 2.05) is 20.8 Å². The SMILES string of the molecule is CC(C)=C(C)c1noc(=O)[nH]1. The van der Waals surface area contributed by atoms with Crippen LogP contribution >= 0.6 is 0 Å². The molecule has 0 aliphatic rings. The highest BCUT2D eigenvalue weighted by Gasteiger charge is 2.02. The second-order valence-corrected chi connectivity index (χ2v) is 2.57. The molecular weight excluding hydrogens is 144 g/mol. The van der Waals surface area contributed by atoms with Crippen molar-refractivity contribution in [1.82, 2.24) is 10.1 Å². The van der Waals surface area contributed by atoms with Gasteiger partial charge in [0.15, 0.2) is 5.82 Å². The van der Waals surface area contributed by atoms with Gasteiger partial charge in [-0.15, -0.1) is 0 Å². The van der Waals surface area contributed by atoms with Crippen molar-refractivity contribution in [2.45, 2.75) is 20.8 Å². The van der Waals surface area contributed by atoms with Crippen LogP contribution in [0, 0.1) is 0 Å². The molecule has 1 aromatic heterocycles. The van der Waals surface area contributed by atoms with Crippen molar-refractivity contribution >= 4 is 5.57 Å². The van der Waals surface area contributed by atoms with Gasteiger partial charge in [0.2, 0.25) is 0 Å². The summed E-state index contributed by atoms with van der Waals surface area (Å²) < 4.78 is 4.34. The zero-order valence-corrected chi connectivity index (χ0v) is 6.76. The predicted molar refractivity (Wildman–Crippen MR) is 41.1 cm³/mol. The van der Waals surface area contributed by atoms with Gasteiger partial charge in [-0.05, 0) is 26.3 Å². The number of allylic oxidation sites excluding steroid dienone is 2. The molecular formula is C7H10N2O2. The van der Waals surface area contributed by atoms with Gasteiger partial charge in [-0.2, -0.15) is 0 Å². The molecule has 0 unspecified atom stereocenters. The van der Waals surface area contributed by atoms with Crippen LogP contribution in [0.15, 0.2) is 14.9 Å². The van der Waals surface area contributed by atoms with Crippen LogP contribution in [-0.4, -0.2) is 10.1 Å². The lowest BCUT2D eigenvalue weighted by atomic mass is 10.2. The fourth-order valence-electron chi connectivity index (χ4n) is 0.628. The molecule has 0 aliphatic carbocycles. The van der Waals surface area contributed by atoms with Gasteiger partial charge >= 0.3 is 5.76 Å². The molecule has 11 heavy (non-hydrogen) atoms. The molecule has 1 N–H and O–H groups in total. The largest absolute Gasteiger partial charge is 0.439 e. The summed E-state index contributed by atoms with van der Waals surface area (Å²) in [6.07, 6.45) is 0. The smallest absolute Gasteiger partial charge is 0.296 e. The number of aromatic nitrogens is 2. The van der Waals surface area contributed by atoms with Crippen LogP contribution in [0.2, 0.25) is 0 Å². The van der Waals surface area contributed by atoms with Crippen LogP contribution in [0.1, 0.15) is 26.6 Å². The molecule has 1 rings (SSSR count). The summed E-state index contributed by atoms with van der Waals surface area (Å²) >= 11 is 0. The van der Waals surface area contributed by atoms with Crippen molar-refractivity contribution in [3.8, 4) is 0 Å². The van der Waals surface area contributed by atoms with Crippen LogP contribution in [0.5, 0.6) is 0 Å². The minimum atomic E-state index is -0.513. The lowest BCUT2D eigenvalue weighted by Gasteiger charge is -1.94. The Hall–Kier alpha value is -1.32. The Morgan fingerprint density at radius 3 is 2.45 bits per heavy atom. The Morgan fingerprint density at radius 1 is 1.45 bits per heavy atom. The molecule has 0 saturated carbocycles. The van der Waals surface area contributed by atoms with E-state index < -0.39 is 5.76 Å². The number of hydrogen-bond acceptors (Lipinski definition) is 3. The molecule has 0 amide bonds. The van der Waals surface area contributed by atoms with Crippen molar-refractivity contribution in [1.29, 1.82) is 0 Å². The quantitative estimate of drug-likeness (QED) is 0.660. The van der Waals surface area contributed by atoms with Crippen LogP contribution in [-0.2, 0) is 0 Å². The third-order valence-corrected chi connectivity index (χ3v) is 1.55. The number of nitrogens with one attached hydrogen (secondary N) is 1. The number of rotatable bonds is 1. The van der Waals surface area contributed by atoms with E-state index >= 15 is 0 Å². The Morgan fingerprint density at radius 2 is 2.09 bits per heavy atom. The first-order valence-electron chi connectivity index (χ1n) is 3.31. The summed E-state index contributed by atoms with van der Waals surface area (Å²) in [7, 11) is 0. The van der Waals surface area contributed by atoms with Gasteiger partial charge in [-0.25, -0.2) is 4.79 Å². The van der Waals surface area contributed by atoms with Crippen LogP contribution in [0.3, 0.4) is 0 Å². The van der Waals surface area contributed by atoms with Crippen molar-refractivity contribution in [3.63, 3.8) is 0 Å². The highest BCUT2D eigenvalue weighted by atomic mass is 16.5. The Bertz CT molecular complexity index is 328. The number of nitrogens with zero attached hydrogens (tertiary/aromatic N) is 1. The van der Waals surface area contributed by atoms with Gasteiger partial charge in [0.1, 0.15) is 0 Å². The van der Waals surface area contributed by atoms with Gasteiger partial charge in [0.25, 0.3) is 0 Å². The van der Waals surface area contributed by atoms with Crippen molar-refractivity contribution in [2.75, 3.05) is 0 Å². The number of aromatic amines is 1. The van der Waals surface area contributed by atoms with Crippen molar-refractivity contribution < 1.29 is 4.52 Å². The van der Waals surface area contributed by atoms with E-state index in [4.69, 9.17) is 0 Å². The van der Waals surface area contributed by atoms with Crippen LogP contribution in [0.25, 0.3) is 5.57 Å². The van der Waals surface area contributed by atoms with E-state index in [-0.39, 0.29) is 0 Å². The zero-order valence-electron chi connectivity index (χ0n) is 6.76. The summed E-state index contributed by atoms with van der Waals surface area (Å²) in [5, 5.41) is 3.54. The molecule has 0 atom stereocenters. The summed E-state index contributed by atoms with van der Waals surface area (Å²) in [5.74, 6) is -0.00407. The van der Waals surface area contributed by atoms with Gasteiger partial charge < -0.3 is 0 Å². The maximum absolute atomic E-state index is 10.5. The molecule has 60 valence electrons. The third kappa shape index (κ3) is 1.58. The summed E-state index contributed by atoms with van der Waals surface area (Å²) in [6.45, 7) is 5.77. The first-order valence-corrected chi connectivity index (χ1v) is 3.31. The maximum Gasteiger partial charge on any atom is 0.439 e. The van der Waals surface area contributed by atoms with E-state index in [0.717, 1.165) is 11.1 Å². The molecule has 0 saturated heterocycles. The summed E-state index contributed by atoms with van der Waals surface area (Å²) in [5.41, 5.74) is 2.05. The fraction of sp³-hybridized carbons (Fsp3) is 0.429. The normalized spacial score (nSPS) is 9.73. The Kier molecular flexibility index (Phi) is 1.94. The Balaban J connectivity index is 3.13. The Labute approximate surface area is 63.9 Å². The van der Waals surface area contributed by atoms with E-state index in [2.05, 4.69) is 14.7 Å². The summed E-state index contributed by atoms with van der Waals surface area (Å²) in [4.78, 5) is 13.0. The standard InChI is InChI=1S/C7H10N2O2/c1-4(2)5(3)6-8-7(10)11-9-6/h1-3H3,(H,8,9,10). The monoisotopic (exact) mass is 154 g/mol. The maximum atomic E-state index is 10.5. The van der Waals surface area contributed by atoms with Gasteiger partial charge in [-0.3, -0.25) is 9.51 Å². The van der Waals surface area contributed by atoms with E-state index in [1.54, 1.807) is 0 Å². The summed E-state index contributed by atoms with van der Waals surface area (Å²) in [6, 6.07) is 0. The van der Waals surface area contributed by atoms with Crippen molar-refractivity contribution in [3.05, 3.63) is 21.9 Å². The molecule has 0 spiro atoms. The molecule has 0 aromatic carbocycles. The minimum absolute atomic E-state index is 0.509. The molecule has 0 fully saturated rings. The average molecular weight is 154 g/mol. The zero-order chi connectivity index (χ0) is 8.43. The second-order valence-electron chi connectivity index (χ2n) is 2.57. The topological polar surface area (TPSA) is 58.9 Å². The second kappa shape index (κ2) is 2.74. The van der Waals surface area contributed by atoms with E-state index in [0.29, 0.717) is 5.82 Å². The molecule has 4 nitrogen and oxygen atoms in total. The average Bonchev–Trinajstić information content (AvgIpc) is 2.34. The molecule has 1 heterocycles. The van der Waals surface area contributed by atoms with Gasteiger partial charge in [-0.1, -0.05) is 10.7 Å². The van der Waals surface area contributed by atoms with Crippen LogP contribution < -0.4 is 5.76 Å². The highest BCUT2D eigenvalue weighted by molar-refractivity contribution is 5.59. The number of H-pyrrole nitrogens is 1. The van der Waals surface area contributed by atoms with Crippen LogP contribution in [0.4, 0.5) is 0 Å². The van der Waals surface area contributed by atoms with Gasteiger partial charge in [0, 0.05) is 0 Å². The highest BCUT2D eigenvalue weighted by Crippen LogP contribution is 2.10. The number of hydrogen-bond donors (Lipinski definition) is 1. The molecule has 0 aliphatic heterocycles. The lowest BCUT2D eigenvalue weighted by Crippen LogP contribution is -1.96.